The Bertz CT molecular complexity index is 2090. The third-order valence-electron chi connectivity index (χ3n) is 8.79. The maximum absolute atomic E-state index is 2.43. The number of rotatable bonds is 2. The lowest BCUT2D eigenvalue weighted by molar-refractivity contribution is 0.666. The summed E-state index contributed by atoms with van der Waals surface area (Å²) in [5.41, 5.74) is 10.6. The Morgan fingerprint density at radius 1 is 0.385 bits per heavy atom. The summed E-state index contributed by atoms with van der Waals surface area (Å²) in [6.45, 7) is 4.76. The minimum absolute atomic E-state index is 0.0485. The smallest absolute Gasteiger partial charge is 0.0165 e. The molecule has 0 unspecified atom stereocenters. The first-order chi connectivity index (χ1) is 19.1. The summed E-state index contributed by atoms with van der Waals surface area (Å²) in [5, 5.41) is 7.78. The van der Waals surface area contributed by atoms with Crippen LogP contribution < -0.4 is 0 Å². The van der Waals surface area contributed by atoms with Crippen molar-refractivity contribution in [3.05, 3.63) is 145 Å². The van der Waals surface area contributed by atoms with Gasteiger partial charge in [0.2, 0.25) is 0 Å². The summed E-state index contributed by atoms with van der Waals surface area (Å²) in [5.74, 6) is 0. The van der Waals surface area contributed by atoms with Gasteiger partial charge in [-0.05, 0) is 101 Å². The highest BCUT2D eigenvalue weighted by Gasteiger charge is 2.36. The van der Waals surface area contributed by atoms with Crippen LogP contribution in [0.4, 0.5) is 0 Å². The van der Waals surface area contributed by atoms with Gasteiger partial charge in [0.05, 0.1) is 0 Å². The minimum Gasteiger partial charge on any atom is -0.0616 e. The molecule has 0 spiro atoms. The van der Waals surface area contributed by atoms with Crippen LogP contribution in [-0.2, 0) is 5.41 Å². The summed E-state index contributed by atoms with van der Waals surface area (Å²) in [4.78, 5) is 0. The first-order valence-electron chi connectivity index (χ1n) is 13.8. The molecule has 0 heterocycles. The number of hydrogen-bond donors (Lipinski definition) is 0. The van der Waals surface area contributed by atoms with Crippen LogP contribution in [0.1, 0.15) is 25.0 Å². The quantitative estimate of drug-likeness (QED) is 0.223. The molecule has 0 aliphatic heterocycles. The highest BCUT2D eigenvalue weighted by atomic mass is 14.4. The molecule has 0 amide bonds. The summed E-state index contributed by atoms with van der Waals surface area (Å²) >= 11 is 0. The van der Waals surface area contributed by atoms with Gasteiger partial charge in [-0.3, -0.25) is 0 Å². The van der Waals surface area contributed by atoms with Crippen LogP contribution >= 0.6 is 0 Å². The van der Waals surface area contributed by atoms with Gasteiger partial charge < -0.3 is 0 Å². The fourth-order valence-electron chi connectivity index (χ4n) is 6.75. The molecule has 0 bridgehead atoms. The maximum atomic E-state index is 2.43. The lowest BCUT2D eigenvalue weighted by Gasteiger charge is -2.23. The van der Waals surface area contributed by atoms with Gasteiger partial charge >= 0.3 is 0 Å². The van der Waals surface area contributed by atoms with Gasteiger partial charge in [0.1, 0.15) is 0 Å². The normalized spacial score (nSPS) is 13.6. The third-order valence-corrected chi connectivity index (χ3v) is 8.79. The first-order valence-corrected chi connectivity index (χ1v) is 13.8. The molecule has 0 nitrogen and oxygen atoms in total. The maximum Gasteiger partial charge on any atom is 0.0165 e. The van der Waals surface area contributed by atoms with Gasteiger partial charge in [-0.2, -0.15) is 0 Å². The minimum atomic E-state index is -0.0485. The second-order valence-corrected chi connectivity index (χ2v) is 11.4. The van der Waals surface area contributed by atoms with Crippen molar-refractivity contribution in [1.29, 1.82) is 0 Å². The van der Waals surface area contributed by atoms with E-state index in [1.807, 2.05) is 0 Å². The van der Waals surface area contributed by atoms with Crippen LogP contribution in [0.2, 0.25) is 0 Å². The van der Waals surface area contributed by atoms with Crippen LogP contribution in [0, 0.1) is 0 Å². The molecular formula is C39H28. The third kappa shape index (κ3) is 3.38. The Hall–Kier alpha value is -4.68. The molecule has 0 saturated heterocycles. The zero-order chi connectivity index (χ0) is 26.1. The van der Waals surface area contributed by atoms with E-state index >= 15 is 0 Å². The van der Waals surface area contributed by atoms with E-state index in [1.165, 1.54) is 76.8 Å². The molecule has 0 saturated carbocycles. The predicted octanol–water partition coefficient (Wildman–Crippen LogP) is 10.8. The Kier molecular flexibility index (Phi) is 4.67. The van der Waals surface area contributed by atoms with Crippen molar-refractivity contribution in [2.24, 2.45) is 0 Å². The van der Waals surface area contributed by atoms with E-state index in [1.54, 1.807) is 0 Å². The highest BCUT2D eigenvalue weighted by Crippen LogP contribution is 2.52. The molecule has 0 N–H and O–H groups in total. The SMILES string of the molecule is CC1(C)c2cc(-c3ccc4cc(-c5ccc6ccccc6c5)ccc4c3)ccc2-c2ccc3ccccc3c21. The van der Waals surface area contributed by atoms with E-state index in [2.05, 4.69) is 147 Å². The van der Waals surface area contributed by atoms with E-state index < -0.39 is 0 Å². The largest absolute Gasteiger partial charge is 0.0616 e. The topological polar surface area (TPSA) is 0 Å². The number of benzene rings is 7. The monoisotopic (exact) mass is 496 g/mol. The Labute approximate surface area is 229 Å². The van der Waals surface area contributed by atoms with Gasteiger partial charge in [0.25, 0.3) is 0 Å². The van der Waals surface area contributed by atoms with Gasteiger partial charge in [-0.1, -0.05) is 123 Å². The fraction of sp³-hybridized carbons (Fsp3) is 0.0769. The van der Waals surface area contributed by atoms with Crippen molar-refractivity contribution >= 4 is 32.3 Å². The van der Waals surface area contributed by atoms with Crippen LogP contribution in [0.15, 0.2) is 133 Å². The molecule has 0 atom stereocenters. The average Bonchev–Trinajstić information content (AvgIpc) is 3.22. The molecule has 0 aromatic heterocycles. The lowest BCUT2D eigenvalue weighted by atomic mass is 9.79. The summed E-state index contributed by atoms with van der Waals surface area (Å²) in [7, 11) is 0. The molecule has 8 rings (SSSR count). The molecule has 1 aliphatic carbocycles. The van der Waals surface area contributed by atoms with E-state index in [-0.39, 0.29) is 5.41 Å². The average molecular weight is 497 g/mol. The van der Waals surface area contributed by atoms with Gasteiger partial charge in [0, 0.05) is 5.41 Å². The fourth-order valence-corrected chi connectivity index (χ4v) is 6.75. The Balaban J connectivity index is 1.19. The van der Waals surface area contributed by atoms with E-state index in [9.17, 15) is 0 Å². The van der Waals surface area contributed by atoms with Crippen molar-refractivity contribution in [1.82, 2.24) is 0 Å². The first kappa shape index (κ1) is 22.3. The van der Waals surface area contributed by atoms with Crippen LogP contribution in [0.25, 0.3) is 65.7 Å². The molecule has 0 heteroatoms. The Morgan fingerprint density at radius 2 is 0.846 bits per heavy atom. The molecule has 184 valence electrons. The van der Waals surface area contributed by atoms with Crippen LogP contribution in [0.3, 0.4) is 0 Å². The summed E-state index contributed by atoms with van der Waals surface area (Å²) in [6, 6.07) is 49.4. The van der Waals surface area contributed by atoms with Crippen molar-refractivity contribution in [2.45, 2.75) is 19.3 Å². The molecule has 1 aliphatic rings. The lowest BCUT2D eigenvalue weighted by Crippen LogP contribution is -2.15. The molecular weight excluding hydrogens is 468 g/mol. The Morgan fingerprint density at radius 3 is 1.54 bits per heavy atom. The summed E-state index contributed by atoms with van der Waals surface area (Å²) < 4.78 is 0. The molecule has 0 radical (unpaired) electrons. The highest BCUT2D eigenvalue weighted by molar-refractivity contribution is 5.98. The van der Waals surface area contributed by atoms with E-state index in [0.717, 1.165) is 0 Å². The standard InChI is InChI=1S/C39H28/c1-39(2)37-24-33(18-19-35(37)36-20-17-26-8-5-6-10-34(26)38(36)39)32-16-15-30-22-29(13-14-31(30)23-32)28-12-11-25-7-3-4-9-27(25)21-28/h3-24H,1-2H3. The van der Waals surface area contributed by atoms with Crippen LogP contribution in [0.5, 0.6) is 0 Å². The number of hydrogen-bond acceptors (Lipinski definition) is 0. The zero-order valence-electron chi connectivity index (χ0n) is 22.2. The molecule has 7 aromatic rings. The molecule has 0 fully saturated rings. The second-order valence-electron chi connectivity index (χ2n) is 11.4. The second kappa shape index (κ2) is 8.16. The molecule has 39 heavy (non-hydrogen) atoms. The van der Waals surface area contributed by atoms with Crippen LogP contribution in [-0.4, -0.2) is 0 Å². The molecule has 7 aromatic carbocycles. The van der Waals surface area contributed by atoms with E-state index in [0.29, 0.717) is 0 Å². The summed E-state index contributed by atoms with van der Waals surface area (Å²) in [6.07, 6.45) is 0. The van der Waals surface area contributed by atoms with E-state index in [4.69, 9.17) is 0 Å². The van der Waals surface area contributed by atoms with Crippen molar-refractivity contribution in [3.63, 3.8) is 0 Å². The van der Waals surface area contributed by atoms with Gasteiger partial charge in [0.15, 0.2) is 0 Å². The van der Waals surface area contributed by atoms with Crippen molar-refractivity contribution in [3.8, 4) is 33.4 Å². The van der Waals surface area contributed by atoms with Crippen molar-refractivity contribution in [2.75, 3.05) is 0 Å². The number of fused-ring (bicyclic) bond motifs is 7. The predicted molar refractivity (Wildman–Crippen MR) is 167 cm³/mol. The van der Waals surface area contributed by atoms with Crippen molar-refractivity contribution < 1.29 is 0 Å². The van der Waals surface area contributed by atoms with Gasteiger partial charge in [-0.15, -0.1) is 0 Å². The zero-order valence-corrected chi connectivity index (χ0v) is 22.2. The van der Waals surface area contributed by atoms with Gasteiger partial charge in [-0.25, -0.2) is 0 Å².